The summed E-state index contributed by atoms with van der Waals surface area (Å²) in [4.78, 5) is 29.3. The Morgan fingerprint density at radius 1 is 1.00 bits per heavy atom. The Balaban J connectivity index is 1.26. The van der Waals surface area contributed by atoms with Crippen LogP contribution < -0.4 is 4.90 Å². The van der Waals surface area contributed by atoms with Crippen molar-refractivity contribution >= 4 is 22.8 Å². The molecule has 34 heavy (non-hydrogen) atoms. The molecule has 1 saturated heterocycles. The SMILES string of the molecule is Cc1ccccc1Cc1c[nH]c2ncnc(N3CCN(C(=O)CCc4ccc(F)cc4)CC3)c12. The van der Waals surface area contributed by atoms with Crippen molar-refractivity contribution in [1.82, 2.24) is 19.9 Å². The normalized spacial score (nSPS) is 14.1. The summed E-state index contributed by atoms with van der Waals surface area (Å²) in [5.74, 6) is 0.807. The molecule has 0 unspecified atom stereocenters. The van der Waals surface area contributed by atoms with Gasteiger partial charge in [0, 0.05) is 45.2 Å². The van der Waals surface area contributed by atoms with Crippen LogP contribution in [0.4, 0.5) is 10.2 Å². The Morgan fingerprint density at radius 3 is 2.53 bits per heavy atom. The molecule has 1 aliphatic heterocycles. The van der Waals surface area contributed by atoms with Crippen LogP contribution >= 0.6 is 0 Å². The van der Waals surface area contributed by atoms with Gasteiger partial charge in [-0.25, -0.2) is 14.4 Å². The predicted octanol–water partition coefficient (Wildman–Crippen LogP) is 4.28. The van der Waals surface area contributed by atoms with Gasteiger partial charge in [0.1, 0.15) is 23.6 Å². The molecule has 6 nitrogen and oxygen atoms in total. The van der Waals surface area contributed by atoms with Crippen molar-refractivity contribution in [3.63, 3.8) is 0 Å². The number of aromatic nitrogens is 3. The number of aromatic amines is 1. The van der Waals surface area contributed by atoms with Crippen molar-refractivity contribution in [2.75, 3.05) is 31.1 Å². The van der Waals surface area contributed by atoms with Crippen LogP contribution in [0.3, 0.4) is 0 Å². The van der Waals surface area contributed by atoms with E-state index < -0.39 is 0 Å². The summed E-state index contributed by atoms with van der Waals surface area (Å²) in [5, 5.41) is 1.06. The van der Waals surface area contributed by atoms with Crippen LogP contribution in [0.15, 0.2) is 61.1 Å². The maximum atomic E-state index is 13.1. The Labute approximate surface area is 198 Å². The highest BCUT2D eigenvalue weighted by molar-refractivity contribution is 5.91. The van der Waals surface area contributed by atoms with Gasteiger partial charge in [0.25, 0.3) is 0 Å². The molecule has 0 spiro atoms. The zero-order chi connectivity index (χ0) is 23.5. The van der Waals surface area contributed by atoms with Gasteiger partial charge in [-0.05, 0) is 47.7 Å². The second-order valence-corrected chi connectivity index (χ2v) is 8.83. The summed E-state index contributed by atoms with van der Waals surface area (Å²) in [5.41, 5.74) is 5.55. The van der Waals surface area contributed by atoms with Crippen molar-refractivity contribution in [3.05, 3.63) is 89.1 Å². The molecule has 0 saturated carbocycles. The first kappa shape index (κ1) is 22.1. The molecular weight excluding hydrogens is 429 g/mol. The summed E-state index contributed by atoms with van der Waals surface area (Å²) in [7, 11) is 0. The number of hydrogen-bond acceptors (Lipinski definition) is 4. The van der Waals surface area contributed by atoms with E-state index in [9.17, 15) is 9.18 Å². The lowest BCUT2D eigenvalue weighted by Gasteiger charge is -2.35. The second-order valence-electron chi connectivity index (χ2n) is 8.83. The quantitative estimate of drug-likeness (QED) is 0.470. The molecule has 1 aliphatic rings. The summed E-state index contributed by atoms with van der Waals surface area (Å²) >= 11 is 0. The number of carbonyl (C=O) groups is 1. The molecule has 0 bridgehead atoms. The van der Waals surface area contributed by atoms with Gasteiger partial charge in [0.15, 0.2) is 0 Å². The van der Waals surface area contributed by atoms with Crippen LogP contribution in [0.2, 0.25) is 0 Å². The number of anilines is 1. The Bertz CT molecular complexity index is 1290. The number of carbonyl (C=O) groups excluding carboxylic acids is 1. The maximum absolute atomic E-state index is 13.1. The molecule has 0 radical (unpaired) electrons. The summed E-state index contributed by atoms with van der Waals surface area (Å²) in [6.45, 7) is 4.90. The van der Waals surface area contributed by atoms with Gasteiger partial charge >= 0.3 is 0 Å². The van der Waals surface area contributed by atoms with E-state index in [1.807, 2.05) is 11.1 Å². The third-order valence-corrected chi connectivity index (χ3v) is 6.65. The zero-order valence-corrected chi connectivity index (χ0v) is 19.3. The number of aryl methyl sites for hydroxylation is 2. The van der Waals surface area contributed by atoms with Crippen LogP contribution in [-0.4, -0.2) is 51.9 Å². The molecule has 3 heterocycles. The fraction of sp³-hybridized carbons (Fsp3) is 0.296. The molecule has 1 fully saturated rings. The molecule has 2 aromatic heterocycles. The zero-order valence-electron chi connectivity index (χ0n) is 19.3. The Kier molecular flexibility index (Phi) is 6.25. The average Bonchev–Trinajstić information content (AvgIpc) is 3.28. The van der Waals surface area contributed by atoms with Crippen LogP contribution in [0.1, 0.15) is 28.7 Å². The van der Waals surface area contributed by atoms with E-state index in [1.54, 1.807) is 18.5 Å². The lowest BCUT2D eigenvalue weighted by atomic mass is 10.0. The maximum Gasteiger partial charge on any atom is 0.223 e. The first-order valence-corrected chi connectivity index (χ1v) is 11.7. The highest BCUT2D eigenvalue weighted by atomic mass is 19.1. The topological polar surface area (TPSA) is 65.1 Å². The minimum atomic E-state index is -0.255. The van der Waals surface area contributed by atoms with Gasteiger partial charge in [-0.2, -0.15) is 0 Å². The van der Waals surface area contributed by atoms with Gasteiger partial charge in [0.2, 0.25) is 5.91 Å². The molecule has 7 heteroatoms. The fourth-order valence-corrected chi connectivity index (χ4v) is 4.63. The number of halogens is 1. The van der Waals surface area contributed by atoms with Crippen molar-refractivity contribution in [2.45, 2.75) is 26.2 Å². The Morgan fingerprint density at radius 2 is 1.76 bits per heavy atom. The second kappa shape index (κ2) is 9.63. The number of hydrogen-bond donors (Lipinski definition) is 1. The molecule has 4 aromatic rings. The lowest BCUT2D eigenvalue weighted by molar-refractivity contribution is -0.131. The minimum Gasteiger partial charge on any atom is -0.352 e. The van der Waals surface area contributed by atoms with Gasteiger partial charge in [0.05, 0.1) is 5.39 Å². The number of rotatable bonds is 6. The molecule has 0 aliphatic carbocycles. The van der Waals surface area contributed by atoms with Gasteiger partial charge in [-0.3, -0.25) is 4.79 Å². The Hall–Kier alpha value is -3.74. The van der Waals surface area contributed by atoms with Crippen molar-refractivity contribution in [1.29, 1.82) is 0 Å². The summed E-state index contributed by atoms with van der Waals surface area (Å²) < 4.78 is 13.1. The van der Waals surface area contributed by atoms with E-state index in [-0.39, 0.29) is 11.7 Å². The molecule has 5 rings (SSSR count). The van der Waals surface area contributed by atoms with E-state index in [2.05, 4.69) is 51.0 Å². The van der Waals surface area contributed by atoms with E-state index in [4.69, 9.17) is 0 Å². The molecule has 2 aromatic carbocycles. The van der Waals surface area contributed by atoms with Crippen LogP contribution in [-0.2, 0) is 17.6 Å². The van der Waals surface area contributed by atoms with E-state index in [0.29, 0.717) is 25.9 Å². The highest BCUT2D eigenvalue weighted by Gasteiger charge is 2.24. The highest BCUT2D eigenvalue weighted by Crippen LogP contribution is 2.29. The van der Waals surface area contributed by atoms with Gasteiger partial charge < -0.3 is 14.8 Å². The fourth-order valence-electron chi connectivity index (χ4n) is 4.63. The predicted molar refractivity (Wildman–Crippen MR) is 131 cm³/mol. The third kappa shape index (κ3) is 4.64. The largest absolute Gasteiger partial charge is 0.352 e. The van der Waals surface area contributed by atoms with Crippen LogP contribution in [0, 0.1) is 12.7 Å². The van der Waals surface area contributed by atoms with Crippen molar-refractivity contribution < 1.29 is 9.18 Å². The van der Waals surface area contributed by atoms with Crippen LogP contribution in [0.25, 0.3) is 11.0 Å². The number of nitrogens with one attached hydrogen (secondary N) is 1. The molecule has 1 N–H and O–H groups in total. The number of amides is 1. The number of benzene rings is 2. The van der Waals surface area contributed by atoms with E-state index in [0.717, 1.165) is 41.9 Å². The lowest BCUT2D eigenvalue weighted by Crippen LogP contribution is -2.49. The standard InChI is InChI=1S/C27H28FN5O/c1-19-4-2-3-5-21(19)16-22-17-29-26-25(22)27(31-18-30-26)33-14-12-32(13-15-33)24(34)11-8-20-6-9-23(28)10-7-20/h2-7,9-10,17-18H,8,11-16H2,1H3,(H,29,30,31). The van der Waals surface area contributed by atoms with Gasteiger partial charge in [-0.15, -0.1) is 0 Å². The van der Waals surface area contributed by atoms with E-state index in [1.165, 1.54) is 28.8 Å². The van der Waals surface area contributed by atoms with Crippen molar-refractivity contribution in [3.8, 4) is 0 Å². The molecular formula is C27H28FN5O. The molecule has 174 valence electrons. The first-order valence-electron chi connectivity index (χ1n) is 11.7. The minimum absolute atomic E-state index is 0.138. The van der Waals surface area contributed by atoms with E-state index >= 15 is 0 Å². The number of fused-ring (bicyclic) bond motifs is 1. The number of H-pyrrole nitrogens is 1. The van der Waals surface area contributed by atoms with Gasteiger partial charge in [-0.1, -0.05) is 36.4 Å². The summed E-state index contributed by atoms with van der Waals surface area (Å²) in [6.07, 6.45) is 5.50. The smallest absolute Gasteiger partial charge is 0.223 e. The summed E-state index contributed by atoms with van der Waals surface area (Å²) in [6, 6.07) is 14.8. The molecule has 0 atom stereocenters. The first-order chi connectivity index (χ1) is 16.6. The van der Waals surface area contributed by atoms with Crippen molar-refractivity contribution in [2.24, 2.45) is 0 Å². The van der Waals surface area contributed by atoms with Crippen LogP contribution in [0.5, 0.6) is 0 Å². The third-order valence-electron chi connectivity index (χ3n) is 6.65. The average molecular weight is 458 g/mol. The number of piperazine rings is 1. The monoisotopic (exact) mass is 457 g/mol. The number of nitrogens with zero attached hydrogens (tertiary/aromatic N) is 4. The molecule has 1 amide bonds.